The standard InChI is InChI=1S/C28H32FN5O2/c1-2-3-16-34(28(36)23-8-5-4-6-9-23)21-27(35)33-18-7-17-32(19-20-33)26-15-14-25(30-31-26)22-10-12-24(29)13-11-22/h4-6,8-15H,2-3,7,16-21H2,1H3. The Morgan fingerprint density at radius 2 is 1.69 bits per heavy atom. The predicted molar refractivity (Wildman–Crippen MR) is 138 cm³/mol. The third kappa shape index (κ3) is 6.44. The fourth-order valence-corrected chi connectivity index (χ4v) is 4.29. The lowest BCUT2D eigenvalue weighted by Gasteiger charge is -2.27. The van der Waals surface area contributed by atoms with E-state index >= 15 is 0 Å². The highest BCUT2D eigenvalue weighted by molar-refractivity contribution is 5.96. The summed E-state index contributed by atoms with van der Waals surface area (Å²) in [5, 5.41) is 8.69. The third-order valence-corrected chi connectivity index (χ3v) is 6.38. The second-order valence-electron chi connectivity index (χ2n) is 8.95. The van der Waals surface area contributed by atoms with Crippen LogP contribution in [-0.4, -0.2) is 71.1 Å². The fraction of sp³-hybridized carbons (Fsp3) is 0.357. The van der Waals surface area contributed by atoms with Crippen LogP contribution in [0.25, 0.3) is 11.3 Å². The van der Waals surface area contributed by atoms with Gasteiger partial charge in [0, 0.05) is 43.9 Å². The Kier molecular flexibility index (Phi) is 8.60. The molecule has 0 N–H and O–H groups in total. The Hall–Kier alpha value is -3.81. The van der Waals surface area contributed by atoms with E-state index in [0.717, 1.165) is 37.2 Å². The van der Waals surface area contributed by atoms with Gasteiger partial charge in [-0.25, -0.2) is 4.39 Å². The lowest BCUT2D eigenvalue weighted by atomic mass is 10.1. The molecule has 0 aliphatic carbocycles. The van der Waals surface area contributed by atoms with Crippen molar-refractivity contribution in [3.8, 4) is 11.3 Å². The van der Waals surface area contributed by atoms with Crippen molar-refractivity contribution in [2.45, 2.75) is 26.2 Å². The van der Waals surface area contributed by atoms with Crippen molar-refractivity contribution in [3.63, 3.8) is 0 Å². The first-order valence-electron chi connectivity index (χ1n) is 12.5. The maximum Gasteiger partial charge on any atom is 0.254 e. The van der Waals surface area contributed by atoms with E-state index in [1.165, 1.54) is 12.1 Å². The van der Waals surface area contributed by atoms with Crippen LogP contribution in [0.1, 0.15) is 36.5 Å². The predicted octanol–water partition coefficient (Wildman–Crippen LogP) is 4.26. The molecule has 2 amide bonds. The van der Waals surface area contributed by atoms with Crippen LogP contribution >= 0.6 is 0 Å². The van der Waals surface area contributed by atoms with E-state index in [-0.39, 0.29) is 24.2 Å². The number of anilines is 1. The maximum atomic E-state index is 13.2. The zero-order chi connectivity index (χ0) is 25.3. The largest absolute Gasteiger partial charge is 0.353 e. The van der Waals surface area contributed by atoms with Crippen molar-refractivity contribution in [3.05, 3.63) is 78.1 Å². The lowest BCUT2D eigenvalue weighted by molar-refractivity contribution is -0.131. The van der Waals surface area contributed by atoms with Gasteiger partial charge in [-0.15, -0.1) is 10.2 Å². The molecule has 0 atom stereocenters. The molecule has 1 fully saturated rings. The number of benzene rings is 2. The van der Waals surface area contributed by atoms with Crippen LogP contribution in [0.2, 0.25) is 0 Å². The number of rotatable bonds is 8. The second-order valence-corrected chi connectivity index (χ2v) is 8.95. The molecule has 0 unspecified atom stereocenters. The zero-order valence-corrected chi connectivity index (χ0v) is 20.6. The molecule has 1 aromatic heterocycles. The van der Waals surface area contributed by atoms with Crippen molar-refractivity contribution in [1.82, 2.24) is 20.0 Å². The van der Waals surface area contributed by atoms with Crippen LogP contribution in [0.3, 0.4) is 0 Å². The van der Waals surface area contributed by atoms with Gasteiger partial charge in [0.1, 0.15) is 12.4 Å². The number of hydrogen-bond acceptors (Lipinski definition) is 5. The van der Waals surface area contributed by atoms with Crippen LogP contribution in [0.15, 0.2) is 66.7 Å². The maximum absolute atomic E-state index is 13.2. The molecule has 2 heterocycles. The minimum absolute atomic E-state index is 0.0324. The zero-order valence-electron chi connectivity index (χ0n) is 20.6. The number of carbonyl (C=O) groups is 2. The van der Waals surface area contributed by atoms with Crippen LogP contribution < -0.4 is 4.90 Å². The Morgan fingerprint density at radius 3 is 2.39 bits per heavy atom. The van der Waals surface area contributed by atoms with Gasteiger partial charge in [-0.05, 0) is 61.4 Å². The lowest BCUT2D eigenvalue weighted by Crippen LogP contribution is -2.44. The summed E-state index contributed by atoms with van der Waals surface area (Å²) in [4.78, 5) is 31.9. The number of carbonyl (C=O) groups excluding carboxylic acids is 2. The van der Waals surface area contributed by atoms with Gasteiger partial charge in [0.15, 0.2) is 5.82 Å². The van der Waals surface area contributed by atoms with Gasteiger partial charge in [-0.3, -0.25) is 9.59 Å². The Bertz CT molecular complexity index is 1140. The van der Waals surface area contributed by atoms with Gasteiger partial charge < -0.3 is 14.7 Å². The number of halogens is 1. The molecule has 4 rings (SSSR count). The van der Waals surface area contributed by atoms with Gasteiger partial charge in [0.2, 0.25) is 5.91 Å². The first kappa shape index (κ1) is 25.3. The molecule has 188 valence electrons. The van der Waals surface area contributed by atoms with E-state index in [0.29, 0.717) is 37.4 Å². The first-order chi connectivity index (χ1) is 17.5. The molecule has 3 aromatic rings. The molecular weight excluding hydrogens is 457 g/mol. The molecule has 1 aliphatic rings. The number of hydrogen-bond donors (Lipinski definition) is 0. The molecule has 8 heteroatoms. The van der Waals surface area contributed by atoms with Crippen LogP contribution in [-0.2, 0) is 4.79 Å². The number of amides is 2. The summed E-state index contributed by atoms with van der Waals surface area (Å²) in [5.41, 5.74) is 2.09. The summed E-state index contributed by atoms with van der Waals surface area (Å²) < 4.78 is 13.2. The van der Waals surface area contributed by atoms with Crippen molar-refractivity contribution >= 4 is 17.6 Å². The number of nitrogens with zero attached hydrogens (tertiary/aromatic N) is 5. The summed E-state index contributed by atoms with van der Waals surface area (Å²) in [6, 6.07) is 19.1. The normalized spacial score (nSPS) is 13.8. The summed E-state index contributed by atoms with van der Waals surface area (Å²) in [5.74, 6) is 0.323. The molecule has 2 aromatic carbocycles. The topological polar surface area (TPSA) is 69.6 Å². The van der Waals surface area contributed by atoms with E-state index in [4.69, 9.17) is 0 Å². The van der Waals surface area contributed by atoms with Gasteiger partial charge in [-0.1, -0.05) is 31.5 Å². The minimum atomic E-state index is -0.287. The van der Waals surface area contributed by atoms with Crippen molar-refractivity contribution in [1.29, 1.82) is 0 Å². The van der Waals surface area contributed by atoms with Crippen molar-refractivity contribution in [2.24, 2.45) is 0 Å². The molecule has 0 spiro atoms. The molecule has 1 saturated heterocycles. The Morgan fingerprint density at radius 1 is 0.917 bits per heavy atom. The number of aromatic nitrogens is 2. The fourth-order valence-electron chi connectivity index (χ4n) is 4.29. The van der Waals surface area contributed by atoms with Crippen LogP contribution in [0.4, 0.5) is 10.2 Å². The van der Waals surface area contributed by atoms with Crippen molar-refractivity contribution < 1.29 is 14.0 Å². The summed E-state index contributed by atoms with van der Waals surface area (Å²) in [6.07, 6.45) is 2.60. The minimum Gasteiger partial charge on any atom is -0.353 e. The van der Waals surface area contributed by atoms with E-state index in [2.05, 4.69) is 22.0 Å². The van der Waals surface area contributed by atoms with Gasteiger partial charge in [0.05, 0.1) is 5.69 Å². The smallest absolute Gasteiger partial charge is 0.254 e. The first-order valence-corrected chi connectivity index (χ1v) is 12.5. The monoisotopic (exact) mass is 489 g/mol. The van der Waals surface area contributed by atoms with E-state index < -0.39 is 0 Å². The quantitative estimate of drug-likeness (QED) is 0.473. The Balaban J connectivity index is 1.37. The molecule has 1 aliphatic heterocycles. The van der Waals surface area contributed by atoms with E-state index in [1.54, 1.807) is 29.2 Å². The Labute approximate surface area is 211 Å². The number of unbranched alkanes of at least 4 members (excludes halogenated alkanes) is 1. The van der Waals surface area contributed by atoms with Gasteiger partial charge in [0.25, 0.3) is 5.91 Å². The third-order valence-electron chi connectivity index (χ3n) is 6.38. The highest BCUT2D eigenvalue weighted by Gasteiger charge is 2.24. The molecule has 0 radical (unpaired) electrons. The molecular formula is C28H32FN5O2. The molecule has 0 saturated carbocycles. The molecule has 0 bridgehead atoms. The highest BCUT2D eigenvalue weighted by atomic mass is 19.1. The van der Waals surface area contributed by atoms with Crippen LogP contribution in [0, 0.1) is 5.82 Å². The molecule has 36 heavy (non-hydrogen) atoms. The average molecular weight is 490 g/mol. The van der Waals surface area contributed by atoms with Crippen LogP contribution in [0.5, 0.6) is 0 Å². The highest BCUT2D eigenvalue weighted by Crippen LogP contribution is 2.20. The SMILES string of the molecule is CCCCN(CC(=O)N1CCCN(c2ccc(-c3ccc(F)cc3)nn2)CC1)C(=O)c1ccccc1. The second kappa shape index (κ2) is 12.2. The van der Waals surface area contributed by atoms with E-state index in [9.17, 15) is 14.0 Å². The van der Waals surface area contributed by atoms with Gasteiger partial charge >= 0.3 is 0 Å². The van der Waals surface area contributed by atoms with E-state index in [1.807, 2.05) is 35.2 Å². The van der Waals surface area contributed by atoms with Crippen molar-refractivity contribution in [2.75, 3.05) is 44.2 Å². The summed E-state index contributed by atoms with van der Waals surface area (Å²) in [6.45, 7) is 5.31. The average Bonchev–Trinajstić information content (AvgIpc) is 3.18. The summed E-state index contributed by atoms with van der Waals surface area (Å²) in [7, 11) is 0. The molecule has 7 nitrogen and oxygen atoms in total. The van der Waals surface area contributed by atoms with Gasteiger partial charge in [-0.2, -0.15) is 0 Å². The summed E-state index contributed by atoms with van der Waals surface area (Å²) >= 11 is 0.